The molecule has 3 radical (unpaired) electrons. The number of hydrogen-bond donors (Lipinski definition) is 3. The molecule has 3 N–H and O–H groups in total. The number of rotatable bonds is 12. The second kappa shape index (κ2) is 42.2. The van der Waals surface area contributed by atoms with Gasteiger partial charge in [0.05, 0.1) is 39.7 Å². The van der Waals surface area contributed by atoms with Crippen molar-refractivity contribution in [3.05, 3.63) is 357 Å². The van der Waals surface area contributed by atoms with Gasteiger partial charge in [0.15, 0.2) is 6.29 Å². The summed E-state index contributed by atoms with van der Waals surface area (Å²) in [5.41, 5.74) is 18.0. The van der Waals surface area contributed by atoms with Crippen molar-refractivity contribution in [3.63, 3.8) is 0 Å². The van der Waals surface area contributed by atoms with Crippen molar-refractivity contribution >= 4 is 18.5 Å². The molecule has 0 bridgehead atoms. The molecule has 1 aliphatic rings. The maximum atomic E-state index is 10.1. The Morgan fingerprint density at radius 2 is 0.696 bits per heavy atom. The fourth-order valence-electron chi connectivity index (χ4n) is 10.2. The van der Waals surface area contributed by atoms with Crippen LogP contribution in [0, 0.1) is 18.2 Å². The Hall–Kier alpha value is -11.0. The summed E-state index contributed by atoms with van der Waals surface area (Å²) in [5.74, 6) is -0.469. The molecule has 4 heterocycles. The molecule has 1 saturated heterocycles. The van der Waals surface area contributed by atoms with Gasteiger partial charge in [-0.25, -0.2) is 0 Å². The minimum Gasteiger partial charge on any atom is -0.650 e. The van der Waals surface area contributed by atoms with Crippen LogP contribution in [-0.4, -0.2) is 83.3 Å². The number of carboxylic acids is 1. The normalized spacial score (nSPS) is 11.4. The molecular formula is C86H68Ir3N8O5-4. The van der Waals surface area contributed by atoms with Gasteiger partial charge in [0.1, 0.15) is 11.5 Å². The van der Waals surface area contributed by atoms with Crippen LogP contribution < -0.4 is 0 Å². The van der Waals surface area contributed by atoms with Gasteiger partial charge in [-0.2, -0.15) is 0 Å². The standard InChI is InChI=1S/3C22H15N2.C8H9NO.C7H6O2.C5H8NO2.3Ir/c3*1-4-10-17(11-5-1)20-16-23-21(18-12-6-2-7-13-18)22(24-20)19-14-8-3-9-15-19;1-9-6-7-4-2-3-5-8(7)10;8-5-6-3-1-2-4-7(6)9;7-5(8)4-2-1-3-6-4;;;/h3*1-12,14-16H;2-6,10H,1H3;1-5,9H;4H,1-3H2,(H,7,8);;;/q3*-1;;;-1;;;. The molecule has 0 spiro atoms. The number of carbonyl (C=O) groups is 2. The Bertz CT molecular complexity index is 4430. The average Bonchev–Trinajstić information content (AvgIpc) is 1.23. The predicted octanol–water partition coefficient (Wildman–Crippen LogP) is 19.1. The van der Waals surface area contributed by atoms with Crippen LogP contribution >= 0.6 is 0 Å². The first-order valence-electron chi connectivity index (χ1n) is 31.9. The molecule has 15 rings (SSSR count). The predicted molar refractivity (Wildman–Crippen MR) is 396 cm³/mol. The van der Waals surface area contributed by atoms with Gasteiger partial charge < -0.3 is 35.6 Å². The first-order chi connectivity index (χ1) is 48.7. The smallest absolute Gasteiger partial charge is 0.285 e. The number of aromatic hydroxyl groups is 2. The summed E-state index contributed by atoms with van der Waals surface area (Å²) in [4.78, 5) is 52.8. The molecular weight excluding hydrogens is 1800 g/mol. The molecule has 1 aliphatic heterocycles. The van der Waals surface area contributed by atoms with Crippen LogP contribution in [0.1, 0.15) is 28.8 Å². The number of carbonyl (C=O) groups excluding carboxylic acids is 1. The molecule has 1 fully saturated rings. The molecule has 0 saturated carbocycles. The molecule has 16 heteroatoms. The number of benzene rings is 11. The van der Waals surface area contributed by atoms with E-state index in [9.17, 15) is 9.59 Å². The summed E-state index contributed by atoms with van der Waals surface area (Å²) >= 11 is 0. The van der Waals surface area contributed by atoms with Crippen LogP contribution in [0.4, 0.5) is 0 Å². The van der Waals surface area contributed by atoms with Crippen LogP contribution in [0.25, 0.3) is 107 Å². The molecule has 1 atom stereocenters. The molecule has 0 aliphatic carbocycles. The van der Waals surface area contributed by atoms with Crippen molar-refractivity contribution in [2.45, 2.75) is 18.9 Å². The first-order valence-corrected chi connectivity index (χ1v) is 31.9. The maximum absolute atomic E-state index is 10.1. The van der Waals surface area contributed by atoms with Gasteiger partial charge in [0.2, 0.25) is 0 Å². The number of aliphatic carboxylic acids is 1. The second-order valence-electron chi connectivity index (χ2n) is 21.9. The van der Waals surface area contributed by atoms with E-state index < -0.39 is 12.0 Å². The third-order valence-electron chi connectivity index (χ3n) is 15.1. The van der Waals surface area contributed by atoms with Crippen molar-refractivity contribution < 1.29 is 85.2 Å². The Labute approximate surface area is 635 Å². The number of aliphatic imine (C=N–C) groups is 1. The molecule has 513 valence electrons. The number of aromatic nitrogens is 6. The van der Waals surface area contributed by atoms with E-state index >= 15 is 0 Å². The van der Waals surface area contributed by atoms with Gasteiger partial charge in [-0.1, -0.05) is 219 Å². The maximum Gasteiger partial charge on any atom is 0.285 e. The number of carboxylic acid groups (broad SMARTS) is 1. The van der Waals surface area contributed by atoms with E-state index in [0.29, 0.717) is 11.8 Å². The second-order valence-corrected chi connectivity index (χ2v) is 21.9. The molecule has 1 unspecified atom stereocenters. The quantitative estimate of drug-likeness (QED) is 0.0597. The number of phenolic OH excluding ortho intramolecular Hbond substituents is 2. The zero-order valence-corrected chi connectivity index (χ0v) is 62.4. The molecule has 14 aromatic rings. The topological polar surface area (TPSA) is 199 Å². The van der Waals surface area contributed by atoms with Gasteiger partial charge >= 0.3 is 0 Å². The largest absolute Gasteiger partial charge is 0.650 e. The van der Waals surface area contributed by atoms with E-state index in [2.05, 4.69) is 64.9 Å². The summed E-state index contributed by atoms with van der Waals surface area (Å²) in [6, 6.07) is 107. The fraction of sp³-hybridized carbons (Fsp3) is 0.0581. The van der Waals surface area contributed by atoms with E-state index in [1.807, 2.05) is 249 Å². The third-order valence-corrected chi connectivity index (χ3v) is 15.1. The molecule has 102 heavy (non-hydrogen) atoms. The summed E-state index contributed by atoms with van der Waals surface area (Å²) < 4.78 is 0. The van der Waals surface area contributed by atoms with Crippen LogP contribution in [0.5, 0.6) is 11.5 Å². The summed E-state index contributed by atoms with van der Waals surface area (Å²) in [6.45, 7) is 0.733. The molecule has 3 aromatic heterocycles. The zero-order chi connectivity index (χ0) is 68.6. The van der Waals surface area contributed by atoms with Crippen molar-refractivity contribution in [2.75, 3.05) is 13.6 Å². The van der Waals surface area contributed by atoms with Gasteiger partial charge in [-0.15, -0.1) is 114 Å². The minimum absolute atomic E-state index is 0. The van der Waals surface area contributed by atoms with E-state index in [4.69, 9.17) is 45.2 Å². The van der Waals surface area contributed by atoms with Crippen molar-refractivity contribution in [2.24, 2.45) is 4.99 Å². The van der Waals surface area contributed by atoms with Crippen LogP contribution in [-0.2, 0) is 65.1 Å². The van der Waals surface area contributed by atoms with Gasteiger partial charge in [0.25, 0.3) is 5.97 Å². The van der Waals surface area contributed by atoms with E-state index in [-0.39, 0.29) is 71.8 Å². The van der Waals surface area contributed by atoms with Crippen molar-refractivity contribution in [3.8, 4) is 113 Å². The van der Waals surface area contributed by atoms with Gasteiger partial charge in [-0.3, -0.25) is 29.5 Å². The Morgan fingerprint density at radius 3 is 0.941 bits per heavy atom. The molecule has 11 aromatic carbocycles. The van der Waals surface area contributed by atoms with E-state index in [0.717, 1.165) is 126 Å². The SMILES string of the molecule is CN=Cc1ccccc1O.O=C(O)C1CCC[N-]1.O=Cc1ccccc1O.[Ir].[Ir].[Ir].[c-]1ccccc1-c1ncc(-c2ccccc2)nc1-c1ccccc1.[c-]1ccccc1-c1ncc(-c2ccccc2)nc1-c1ccccc1.[c-]1ccccc1-c1ncc(-c2ccccc2)nc1-c1ccccc1. The molecule has 13 nitrogen and oxygen atoms in total. The number of para-hydroxylation sites is 2. The number of nitrogens with zero attached hydrogens (tertiary/aromatic N) is 8. The number of phenols is 2. The van der Waals surface area contributed by atoms with Crippen molar-refractivity contribution in [1.29, 1.82) is 0 Å². The number of hydrogen-bond acceptors (Lipinski definition) is 11. The van der Waals surface area contributed by atoms with Crippen LogP contribution in [0.15, 0.2) is 327 Å². The Balaban J connectivity index is 0.000000179. The van der Waals surface area contributed by atoms with Crippen molar-refractivity contribution in [1.82, 2.24) is 29.9 Å². The monoisotopic (exact) mass is 1870 g/mol. The summed E-state index contributed by atoms with van der Waals surface area (Å²) in [7, 11) is 1.67. The van der Waals surface area contributed by atoms with Gasteiger partial charge in [0, 0.05) is 132 Å². The summed E-state index contributed by atoms with van der Waals surface area (Å²) in [5, 5.41) is 30.2. The van der Waals surface area contributed by atoms with Crippen LogP contribution in [0.3, 0.4) is 0 Å². The van der Waals surface area contributed by atoms with Crippen LogP contribution in [0.2, 0.25) is 0 Å². The third kappa shape index (κ3) is 22.8. The molecule has 0 amide bonds. The first kappa shape index (κ1) is 78.3. The summed E-state index contributed by atoms with van der Waals surface area (Å²) in [6.07, 6.45) is 9.41. The number of aldehydes is 1. The Kier molecular flexibility index (Phi) is 32.4. The fourth-order valence-corrected chi connectivity index (χ4v) is 10.2. The zero-order valence-electron chi connectivity index (χ0n) is 55.2. The van der Waals surface area contributed by atoms with E-state index in [1.165, 1.54) is 6.07 Å². The van der Waals surface area contributed by atoms with Gasteiger partial charge in [-0.05, 0) is 47.0 Å². The minimum atomic E-state index is -0.775. The average molecular weight is 1870 g/mol. The Morgan fingerprint density at radius 1 is 0.402 bits per heavy atom. The van der Waals surface area contributed by atoms with E-state index in [1.54, 1.807) is 43.6 Å².